The fourth-order valence-electron chi connectivity index (χ4n) is 2.13. The van der Waals surface area contributed by atoms with Gasteiger partial charge in [-0.25, -0.2) is 0 Å². The van der Waals surface area contributed by atoms with E-state index in [2.05, 4.69) is 0 Å². The molecule has 0 saturated carbocycles. The Labute approximate surface area is 140 Å². The predicted molar refractivity (Wildman–Crippen MR) is 92.2 cm³/mol. The van der Waals surface area contributed by atoms with E-state index in [1.807, 2.05) is 29.0 Å². The monoisotopic (exact) mass is 344 g/mol. The lowest BCUT2D eigenvalue weighted by Gasteiger charge is -2.21. The van der Waals surface area contributed by atoms with Gasteiger partial charge in [-0.1, -0.05) is 12.1 Å². The first-order valence-electron chi connectivity index (χ1n) is 6.77. The molecule has 3 rings (SSSR count). The van der Waals surface area contributed by atoms with Crippen LogP contribution in [0.25, 0.3) is 0 Å². The Kier molecular flexibility index (Phi) is 4.50. The van der Waals surface area contributed by atoms with Gasteiger partial charge in [-0.2, -0.15) is 0 Å². The number of benzene rings is 1. The Morgan fingerprint density at radius 1 is 1.04 bits per heavy atom. The van der Waals surface area contributed by atoms with Crippen molar-refractivity contribution in [2.45, 2.75) is 6.54 Å². The van der Waals surface area contributed by atoms with Crippen LogP contribution in [0, 0.1) is 10.1 Å². The standard InChI is InChI=1S/C16H12N2O3S2/c19-16(15-4-2-10-23-15)17(11-14-3-1-9-22-14)12-5-7-13(8-6-12)18(20)21/h1-10H,11H2. The van der Waals surface area contributed by atoms with Gasteiger partial charge in [-0.3, -0.25) is 14.9 Å². The molecule has 0 bridgehead atoms. The minimum atomic E-state index is -0.450. The van der Waals surface area contributed by atoms with Crippen LogP contribution in [0.4, 0.5) is 11.4 Å². The summed E-state index contributed by atoms with van der Waals surface area (Å²) in [6.45, 7) is 0.437. The van der Waals surface area contributed by atoms with Gasteiger partial charge in [0.05, 0.1) is 16.3 Å². The number of carbonyl (C=O) groups is 1. The third kappa shape index (κ3) is 3.46. The maximum Gasteiger partial charge on any atom is 0.269 e. The van der Waals surface area contributed by atoms with Crippen LogP contribution in [0.15, 0.2) is 59.3 Å². The first-order chi connectivity index (χ1) is 11.1. The van der Waals surface area contributed by atoms with Gasteiger partial charge in [0.2, 0.25) is 0 Å². The first kappa shape index (κ1) is 15.4. The van der Waals surface area contributed by atoms with Crippen molar-refractivity contribution in [3.63, 3.8) is 0 Å². The van der Waals surface area contributed by atoms with Gasteiger partial charge in [0, 0.05) is 22.7 Å². The topological polar surface area (TPSA) is 63.5 Å². The predicted octanol–water partition coefficient (Wildman–Crippen LogP) is 4.56. The van der Waals surface area contributed by atoms with Crippen LogP contribution in [0.5, 0.6) is 0 Å². The molecule has 7 heteroatoms. The third-order valence-electron chi connectivity index (χ3n) is 3.24. The van der Waals surface area contributed by atoms with Gasteiger partial charge in [0.25, 0.3) is 11.6 Å². The van der Waals surface area contributed by atoms with Crippen LogP contribution in [0.1, 0.15) is 14.5 Å². The lowest BCUT2D eigenvalue weighted by molar-refractivity contribution is -0.384. The largest absolute Gasteiger partial charge is 0.302 e. The molecule has 1 amide bonds. The normalized spacial score (nSPS) is 10.4. The number of nitro benzene ring substituents is 1. The molecular weight excluding hydrogens is 332 g/mol. The minimum absolute atomic E-state index is 0.00777. The Hall–Kier alpha value is -2.51. The number of hydrogen-bond donors (Lipinski definition) is 0. The van der Waals surface area contributed by atoms with Crippen LogP contribution in [0.3, 0.4) is 0 Å². The maximum atomic E-state index is 12.8. The Morgan fingerprint density at radius 3 is 2.30 bits per heavy atom. The number of rotatable bonds is 5. The molecule has 1 aromatic carbocycles. The molecular formula is C16H12N2O3S2. The van der Waals surface area contributed by atoms with Crippen molar-refractivity contribution in [3.8, 4) is 0 Å². The second-order valence-corrected chi connectivity index (χ2v) is 6.70. The summed E-state index contributed by atoms with van der Waals surface area (Å²) >= 11 is 2.95. The number of non-ortho nitro benzene ring substituents is 1. The molecule has 0 N–H and O–H groups in total. The summed E-state index contributed by atoms with van der Waals surface area (Å²) in [4.78, 5) is 26.4. The zero-order valence-corrected chi connectivity index (χ0v) is 13.5. The molecule has 3 aromatic rings. The van der Waals surface area contributed by atoms with E-state index in [-0.39, 0.29) is 11.6 Å². The van der Waals surface area contributed by atoms with Crippen LogP contribution in [-0.4, -0.2) is 10.8 Å². The number of amides is 1. The molecule has 0 aliphatic rings. The van der Waals surface area contributed by atoms with Gasteiger partial charge in [-0.15, -0.1) is 22.7 Å². The summed E-state index contributed by atoms with van der Waals surface area (Å²) in [5.74, 6) is -0.109. The molecule has 5 nitrogen and oxygen atoms in total. The molecule has 0 unspecified atom stereocenters. The first-order valence-corrected chi connectivity index (χ1v) is 8.53. The molecule has 23 heavy (non-hydrogen) atoms. The quantitative estimate of drug-likeness (QED) is 0.503. The highest BCUT2D eigenvalue weighted by molar-refractivity contribution is 7.12. The summed E-state index contributed by atoms with van der Waals surface area (Å²) in [6, 6.07) is 13.6. The van der Waals surface area contributed by atoms with Crippen molar-refractivity contribution in [1.82, 2.24) is 0 Å². The van der Waals surface area contributed by atoms with Crippen molar-refractivity contribution in [3.05, 3.63) is 79.2 Å². The van der Waals surface area contributed by atoms with E-state index in [1.165, 1.54) is 23.5 Å². The van der Waals surface area contributed by atoms with Gasteiger partial charge in [0.1, 0.15) is 0 Å². The van der Waals surface area contributed by atoms with Gasteiger partial charge in [-0.05, 0) is 35.0 Å². The zero-order valence-electron chi connectivity index (χ0n) is 11.9. The second-order valence-electron chi connectivity index (χ2n) is 4.72. The van der Waals surface area contributed by atoms with E-state index in [0.717, 1.165) is 4.88 Å². The van der Waals surface area contributed by atoms with Crippen LogP contribution in [0.2, 0.25) is 0 Å². The fraction of sp³-hybridized carbons (Fsp3) is 0.0625. The molecule has 0 aliphatic carbocycles. The fourth-order valence-corrected chi connectivity index (χ4v) is 3.49. The third-order valence-corrected chi connectivity index (χ3v) is 4.96. The zero-order chi connectivity index (χ0) is 16.2. The van der Waals surface area contributed by atoms with Crippen molar-refractivity contribution in [2.75, 3.05) is 4.90 Å². The molecule has 0 fully saturated rings. The summed E-state index contributed by atoms with van der Waals surface area (Å²) in [5, 5.41) is 14.6. The van der Waals surface area contributed by atoms with Gasteiger partial charge in [0.15, 0.2) is 0 Å². The SMILES string of the molecule is O=C(c1cccs1)N(Cc1cccs1)c1ccc([N+](=O)[O-])cc1. The Bertz CT molecular complexity index is 796. The van der Waals surface area contributed by atoms with E-state index >= 15 is 0 Å². The summed E-state index contributed by atoms with van der Waals surface area (Å²) in [7, 11) is 0. The van der Waals surface area contributed by atoms with E-state index in [9.17, 15) is 14.9 Å². The molecule has 0 atom stereocenters. The molecule has 0 saturated heterocycles. The van der Waals surface area contributed by atoms with E-state index in [4.69, 9.17) is 0 Å². The van der Waals surface area contributed by atoms with E-state index in [1.54, 1.807) is 34.4 Å². The Morgan fingerprint density at radius 2 is 1.74 bits per heavy atom. The molecule has 0 spiro atoms. The van der Waals surface area contributed by atoms with Crippen LogP contribution < -0.4 is 4.90 Å². The molecule has 0 radical (unpaired) electrons. The lowest BCUT2D eigenvalue weighted by atomic mass is 10.2. The van der Waals surface area contributed by atoms with Gasteiger partial charge >= 0.3 is 0 Å². The number of carbonyl (C=O) groups excluding carboxylic acids is 1. The number of anilines is 1. The van der Waals surface area contributed by atoms with Crippen molar-refractivity contribution in [1.29, 1.82) is 0 Å². The molecule has 2 heterocycles. The number of hydrogen-bond acceptors (Lipinski definition) is 5. The average molecular weight is 344 g/mol. The smallest absolute Gasteiger partial charge is 0.269 e. The second kappa shape index (κ2) is 6.72. The van der Waals surface area contributed by atoms with E-state index in [0.29, 0.717) is 17.1 Å². The summed E-state index contributed by atoms with van der Waals surface area (Å²) < 4.78 is 0. The maximum absolute atomic E-state index is 12.8. The highest BCUT2D eigenvalue weighted by Gasteiger charge is 2.20. The highest BCUT2D eigenvalue weighted by atomic mass is 32.1. The number of nitrogens with zero attached hydrogens (tertiary/aromatic N) is 2. The van der Waals surface area contributed by atoms with Crippen LogP contribution >= 0.6 is 22.7 Å². The number of nitro groups is 1. The number of thiophene rings is 2. The van der Waals surface area contributed by atoms with Crippen molar-refractivity contribution >= 4 is 40.0 Å². The Balaban J connectivity index is 1.93. The van der Waals surface area contributed by atoms with Gasteiger partial charge < -0.3 is 4.90 Å². The van der Waals surface area contributed by atoms with E-state index < -0.39 is 4.92 Å². The average Bonchev–Trinajstić information content (AvgIpc) is 3.25. The van der Waals surface area contributed by atoms with Crippen molar-refractivity contribution in [2.24, 2.45) is 0 Å². The molecule has 2 aromatic heterocycles. The molecule has 116 valence electrons. The van der Waals surface area contributed by atoms with Crippen LogP contribution in [-0.2, 0) is 6.54 Å². The summed E-state index contributed by atoms with van der Waals surface area (Å²) in [6.07, 6.45) is 0. The molecule has 0 aliphatic heterocycles. The highest BCUT2D eigenvalue weighted by Crippen LogP contribution is 2.25. The lowest BCUT2D eigenvalue weighted by Crippen LogP contribution is -2.29. The van der Waals surface area contributed by atoms with Crippen molar-refractivity contribution < 1.29 is 9.72 Å². The summed E-state index contributed by atoms with van der Waals surface area (Å²) in [5.41, 5.74) is 0.649. The minimum Gasteiger partial charge on any atom is -0.302 e.